The summed E-state index contributed by atoms with van der Waals surface area (Å²) in [6.45, 7) is 0.280. The predicted molar refractivity (Wildman–Crippen MR) is 68.7 cm³/mol. The first-order valence-corrected chi connectivity index (χ1v) is 6.03. The zero-order valence-electron chi connectivity index (χ0n) is 10.3. The molecule has 2 rings (SSSR count). The molecule has 18 heavy (non-hydrogen) atoms. The van der Waals surface area contributed by atoms with Crippen LogP contribution in [0.2, 0.25) is 0 Å². The Hall–Kier alpha value is -1.15. The van der Waals surface area contributed by atoms with Crippen molar-refractivity contribution < 1.29 is 15.0 Å². The number of aldehydes is 1. The van der Waals surface area contributed by atoms with Crippen molar-refractivity contribution >= 4 is 14.1 Å². The van der Waals surface area contributed by atoms with Crippen molar-refractivity contribution in [3.05, 3.63) is 23.0 Å². The summed E-state index contributed by atoms with van der Waals surface area (Å²) in [5, 5.41) is 22.2. The average Bonchev–Trinajstić information content (AvgIpc) is 2.93. The molecule has 1 unspecified atom stereocenters. The zero-order chi connectivity index (χ0) is 13.3. The van der Waals surface area contributed by atoms with Gasteiger partial charge in [0.2, 0.25) is 0 Å². The van der Waals surface area contributed by atoms with Gasteiger partial charge in [-0.2, -0.15) is 0 Å². The van der Waals surface area contributed by atoms with Crippen LogP contribution in [0.1, 0.15) is 40.6 Å². The summed E-state index contributed by atoms with van der Waals surface area (Å²) in [6, 6.07) is 1.39. The molecular weight excluding hydrogens is 233 g/mol. The Balaban J connectivity index is 2.14. The number of H-pyrrole nitrogens is 1. The summed E-state index contributed by atoms with van der Waals surface area (Å²) < 4.78 is 0. The lowest BCUT2D eigenvalue weighted by molar-refractivity contribution is -0.108. The van der Waals surface area contributed by atoms with Crippen LogP contribution in [0.25, 0.3) is 0 Å². The third-order valence-electron chi connectivity index (χ3n) is 3.47. The smallest absolute Gasteiger partial charge is 0.180 e. The van der Waals surface area contributed by atoms with E-state index in [9.17, 15) is 15.0 Å². The maximum absolute atomic E-state index is 10.9. The fourth-order valence-corrected chi connectivity index (χ4v) is 2.42. The van der Waals surface area contributed by atoms with Crippen LogP contribution in [0, 0.1) is 0 Å². The summed E-state index contributed by atoms with van der Waals surface area (Å²) in [4.78, 5) is 14.0. The van der Waals surface area contributed by atoms with Gasteiger partial charge < -0.3 is 26.2 Å². The van der Waals surface area contributed by atoms with E-state index in [1.807, 2.05) is 0 Å². The number of carbonyl (C=O) groups is 1. The SMILES string of the molecule is BC(O)(O)C1CC[C@H](c2cc(C=O)c(CN)[nH]2)N1. The molecule has 0 aliphatic carbocycles. The fourth-order valence-electron chi connectivity index (χ4n) is 2.42. The first-order chi connectivity index (χ1) is 8.45. The molecule has 1 aliphatic rings. The average molecular weight is 251 g/mol. The highest BCUT2D eigenvalue weighted by molar-refractivity contribution is 6.13. The van der Waals surface area contributed by atoms with Crippen molar-refractivity contribution in [2.75, 3.05) is 0 Å². The first-order valence-electron chi connectivity index (χ1n) is 6.03. The Kier molecular flexibility index (Phi) is 3.58. The van der Waals surface area contributed by atoms with Crippen LogP contribution in [-0.2, 0) is 6.54 Å². The van der Waals surface area contributed by atoms with E-state index in [4.69, 9.17) is 5.73 Å². The van der Waals surface area contributed by atoms with Crippen LogP contribution in [0.3, 0.4) is 0 Å². The van der Waals surface area contributed by atoms with Gasteiger partial charge in [-0.25, -0.2) is 0 Å². The molecule has 2 atom stereocenters. The highest BCUT2D eigenvalue weighted by atomic mass is 16.5. The summed E-state index contributed by atoms with van der Waals surface area (Å²) in [5.41, 5.74) is 5.95. The molecule has 98 valence electrons. The molecule has 0 saturated carbocycles. The lowest BCUT2D eigenvalue weighted by Crippen LogP contribution is -2.48. The van der Waals surface area contributed by atoms with Gasteiger partial charge in [0.25, 0.3) is 0 Å². The Morgan fingerprint density at radius 1 is 1.56 bits per heavy atom. The van der Waals surface area contributed by atoms with E-state index in [-0.39, 0.29) is 18.6 Å². The Morgan fingerprint density at radius 3 is 2.72 bits per heavy atom. The molecule has 1 saturated heterocycles. The summed E-state index contributed by atoms with van der Waals surface area (Å²) >= 11 is 0. The van der Waals surface area contributed by atoms with Crippen LogP contribution in [-0.4, -0.2) is 41.1 Å². The number of rotatable bonds is 4. The third-order valence-corrected chi connectivity index (χ3v) is 3.47. The lowest BCUT2D eigenvalue weighted by atomic mass is 9.87. The molecule has 1 aromatic rings. The van der Waals surface area contributed by atoms with Gasteiger partial charge in [-0.05, 0) is 18.9 Å². The van der Waals surface area contributed by atoms with Crippen LogP contribution in [0.5, 0.6) is 0 Å². The van der Waals surface area contributed by atoms with Crippen molar-refractivity contribution in [1.82, 2.24) is 10.3 Å². The second kappa shape index (κ2) is 4.85. The number of aromatic nitrogens is 1. The quantitative estimate of drug-likeness (QED) is 0.250. The van der Waals surface area contributed by atoms with Crippen molar-refractivity contribution in [1.29, 1.82) is 0 Å². The normalized spacial score (nSPS) is 24.4. The number of hydrogen-bond donors (Lipinski definition) is 5. The van der Waals surface area contributed by atoms with E-state index in [1.165, 1.54) is 7.85 Å². The van der Waals surface area contributed by atoms with Crippen molar-refractivity contribution in [3.8, 4) is 0 Å². The van der Waals surface area contributed by atoms with E-state index in [0.29, 0.717) is 17.7 Å². The van der Waals surface area contributed by atoms with E-state index >= 15 is 0 Å². The van der Waals surface area contributed by atoms with Crippen molar-refractivity contribution in [2.24, 2.45) is 5.73 Å². The molecule has 1 fully saturated rings. The molecule has 7 heteroatoms. The molecule has 0 radical (unpaired) electrons. The summed E-state index contributed by atoms with van der Waals surface area (Å²) in [6.07, 6.45) is 2.22. The molecule has 1 aliphatic heterocycles. The number of nitrogens with one attached hydrogen (secondary N) is 2. The first kappa shape index (κ1) is 13.3. The minimum atomic E-state index is -1.73. The number of aliphatic hydroxyl groups is 2. The summed E-state index contributed by atoms with van der Waals surface area (Å²) in [5.74, 6) is 0. The Morgan fingerprint density at radius 2 is 2.28 bits per heavy atom. The van der Waals surface area contributed by atoms with Gasteiger partial charge in [0, 0.05) is 29.5 Å². The largest absolute Gasteiger partial charge is 0.373 e. The van der Waals surface area contributed by atoms with Crippen molar-refractivity contribution in [3.63, 3.8) is 0 Å². The highest BCUT2D eigenvalue weighted by Gasteiger charge is 2.36. The third kappa shape index (κ3) is 2.49. The van der Waals surface area contributed by atoms with Crippen molar-refractivity contribution in [2.45, 2.75) is 37.2 Å². The van der Waals surface area contributed by atoms with Gasteiger partial charge in [0.15, 0.2) is 14.1 Å². The van der Waals surface area contributed by atoms with E-state index < -0.39 is 5.69 Å². The van der Waals surface area contributed by atoms with E-state index in [2.05, 4.69) is 10.3 Å². The maximum Gasteiger partial charge on any atom is 0.180 e. The minimum absolute atomic E-state index is 0.00683. The number of aromatic amines is 1. The second-order valence-electron chi connectivity index (χ2n) is 4.92. The number of nitrogens with two attached hydrogens (primary N) is 1. The fraction of sp³-hybridized carbons (Fsp3) is 0.545. The molecule has 0 spiro atoms. The van der Waals surface area contributed by atoms with E-state index in [0.717, 1.165) is 18.4 Å². The van der Waals surface area contributed by atoms with Gasteiger partial charge in [-0.1, -0.05) is 0 Å². The van der Waals surface area contributed by atoms with Gasteiger partial charge in [-0.3, -0.25) is 4.79 Å². The molecule has 6 nitrogen and oxygen atoms in total. The summed E-state index contributed by atoms with van der Waals surface area (Å²) in [7, 11) is 1.36. The zero-order valence-corrected chi connectivity index (χ0v) is 10.3. The van der Waals surface area contributed by atoms with E-state index in [1.54, 1.807) is 6.07 Å². The standard InChI is InChI=1S/C11H18BN3O3/c12-11(17,18)10-2-1-7(15-10)8-3-6(5-16)9(4-13)14-8/h3,5,7,10,14-15,17-18H,1-2,4,12-13H2/t7-,10?/m1/s1. The Bertz CT molecular complexity index is 441. The lowest BCUT2D eigenvalue weighted by Gasteiger charge is -2.25. The predicted octanol–water partition coefficient (Wildman–Crippen LogP) is -1.65. The van der Waals surface area contributed by atoms with Gasteiger partial charge in [0.1, 0.15) is 5.69 Å². The number of hydrogen-bond acceptors (Lipinski definition) is 5. The maximum atomic E-state index is 10.9. The molecule has 6 N–H and O–H groups in total. The molecule has 2 heterocycles. The van der Waals surface area contributed by atoms with Gasteiger partial charge >= 0.3 is 0 Å². The molecular formula is C11H18BN3O3. The minimum Gasteiger partial charge on any atom is -0.373 e. The highest BCUT2D eigenvalue weighted by Crippen LogP contribution is 2.29. The van der Waals surface area contributed by atoms with Crippen LogP contribution < -0.4 is 11.1 Å². The molecule has 0 bridgehead atoms. The number of carbonyl (C=O) groups excluding carboxylic acids is 1. The van der Waals surface area contributed by atoms with Gasteiger partial charge in [-0.15, -0.1) is 0 Å². The Labute approximate surface area is 106 Å². The van der Waals surface area contributed by atoms with Crippen LogP contribution in [0.4, 0.5) is 0 Å². The van der Waals surface area contributed by atoms with Crippen LogP contribution >= 0.6 is 0 Å². The second-order valence-corrected chi connectivity index (χ2v) is 4.92. The topological polar surface area (TPSA) is 111 Å². The monoisotopic (exact) mass is 251 g/mol. The van der Waals surface area contributed by atoms with Crippen LogP contribution in [0.15, 0.2) is 6.07 Å². The molecule has 1 aromatic heterocycles. The van der Waals surface area contributed by atoms with Gasteiger partial charge in [0.05, 0.1) is 6.04 Å². The molecule has 0 amide bonds. The molecule has 0 aromatic carbocycles.